The number of allylic oxidation sites excluding steroid dienone is 4. The van der Waals surface area contributed by atoms with Crippen molar-refractivity contribution in [2.24, 2.45) is 28.6 Å². The minimum atomic E-state index is -0.781. The van der Waals surface area contributed by atoms with Gasteiger partial charge >= 0.3 is 5.97 Å². The molecule has 0 bridgehead atoms. The summed E-state index contributed by atoms with van der Waals surface area (Å²) < 4.78 is 5.44. The third-order valence-electron chi connectivity index (χ3n) is 10.0. The Bertz CT molecular complexity index is 941. The van der Waals surface area contributed by atoms with Crippen LogP contribution in [-0.4, -0.2) is 46.2 Å². The maximum atomic E-state index is 12.6. The standard InChI is InChI=1S/C32H48O5/c1-5-6-18-37-30(36)32(16-17-32)29(35)14-9-21(2)26-12-13-27-23(8-7-15-31(26,27)4)10-11-24-19-25(33)20-28(34)22(24)3/h9-11,14,21,25-29,33-35H,3,5-8,12-13,15-20H2,1-2,4H3/b14-9?,23-10+,24-11-/t21-,25-,26-,27+,28+,29-,31-/m1/s1. The van der Waals surface area contributed by atoms with Gasteiger partial charge < -0.3 is 20.1 Å². The molecule has 0 aromatic carbocycles. The van der Waals surface area contributed by atoms with E-state index in [0.717, 1.165) is 49.7 Å². The topological polar surface area (TPSA) is 87.0 Å². The van der Waals surface area contributed by atoms with E-state index in [9.17, 15) is 20.1 Å². The van der Waals surface area contributed by atoms with E-state index in [-0.39, 0.29) is 11.4 Å². The van der Waals surface area contributed by atoms with Crippen LogP contribution >= 0.6 is 0 Å². The lowest BCUT2D eigenvalue weighted by molar-refractivity contribution is -0.153. The smallest absolute Gasteiger partial charge is 0.315 e. The van der Waals surface area contributed by atoms with Gasteiger partial charge in [0.2, 0.25) is 0 Å². The van der Waals surface area contributed by atoms with E-state index in [2.05, 4.69) is 45.6 Å². The van der Waals surface area contributed by atoms with Crippen LogP contribution in [0.25, 0.3) is 0 Å². The molecule has 5 nitrogen and oxygen atoms in total. The van der Waals surface area contributed by atoms with E-state index in [4.69, 9.17) is 4.74 Å². The average Bonchev–Trinajstić information content (AvgIpc) is 3.60. The van der Waals surface area contributed by atoms with Crippen molar-refractivity contribution < 1.29 is 24.9 Å². The van der Waals surface area contributed by atoms with Crippen molar-refractivity contribution in [3.05, 3.63) is 47.6 Å². The lowest BCUT2D eigenvalue weighted by Gasteiger charge is -2.44. The molecule has 206 valence electrons. The Labute approximate surface area is 223 Å². The molecule has 0 unspecified atom stereocenters. The zero-order valence-corrected chi connectivity index (χ0v) is 23.1. The molecule has 0 radical (unpaired) electrons. The zero-order valence-electron chi connectivity index (χ0n) is 23.1. The number of rotatable bonds is 9. The summed E-state index contributed by atoms with van der Waals surface area (Å²) in [7, 11) is 0. The molecule has 4 aliphatic carbocycles. The molecule has 4 rings (SSSR count). The SMILES string of the molecule is C=C1/C(=C\C=C2/CCC[C@]3(C)[C@@H]([C@H](C)C=C[C@@H](O)C4(C(=O)OCCCC)CC4)CC[C@@H]23)C[C@@H](O)C[C@@H]1O. The third-order valence-corrected chi connectivity index (χ3v) is 10.0. The normalized spacial score (nSPS) is 37.1. The number of aliphatic hydroxyl groups is 3. The Morgan fingerprint density at radius 3 is 2.65 bits per heavy atom. The first kappa shape index (κ1) is 28.3. The first-order chi connectivity index (χ1) is 17.6. The van der Waals surface area contributed by atoms with Crippen LogP contribution in [0, 0.1) is 28.6 Å². The van der Waals surface area contributed by atoms with Crippen molar-refractivity contribution in [2.45, 2.75) is 110 Å². The average molecular weight is 513 g/mol. The van der Waals surface area contributed by atoms with Gasteiger partial charge in [0.25, 0.3) is 0 Å². The van der Waals surface area contributed by atoms with Gasteiger partial charge in [0.1, 0.15) is 0 Å². The number of aliphatic hydroxyl groups excluding tert-OH is 3. The predicted octanol–water partition coefficient (Wildman–Crippen LogP) is 5.80. The molecule has 4 aliphatic rings. The van der Waals surface area contributed by atoms with Gasteiger partial charge in [-0.15, -0.1) is 0 Å². The molecule has 5 heteroatoms. The maximum Gasteiger partial charge on any atom is 0.315 e. The first-order valence-electron chi connectivity index (χ1n) is 14.6. The van der Waals surface area contributed by atoms with E-state index in [0.29, 0.717) is 50.0 Å². The fraction of sp³-hybridized carbons (Fsp3) is 0.719. The number of unbranched alkanes of at least 4 members (excludes halogenated alkanes) is 1. The molecular formula is C32H48O5. The highest BCUT2D eigenvalue weighted by Crippen LogP contribution is 2.59. The number of carbonyl (C=O) groups excluding carboxylic acids is 1. The second-order valence-electron chi connectivity index (χ2n) is 12.5. The minimum Gasteiger partial charge on any atom is -0.465 e. The van der Waals surface area contributed by atoms with Crippen LogP contribution in [0.15, 0.2) is 47.6 Å². The van der Waals surface area contributed by atoms with Crippen LogP contribution < -0.4 is 0 Å². The lowest BCUT2D eigenvalue weighted by atomic mass is 9.61. The Balaban J connectivity index is 1.42. The van der Waals surface area contributed by atoms with Crippen LogP contribution in [-0.2, 0) is 9.53 Å². The number of hydrogen-bond acceptors (Lipinski definition) is 5. The fourth-order valence-corrected chi connectivity index (χ4v) is 7.42. The van der Waals surface area contributed by atoms with Crippen LogP contribution in [0.5, 0.6) is 0 Å². The Hall–Kier alpha value is -1.69. The monoisotopic (exact) mass is 512 g/mol. The van der Waals surface area contributed by atoms with Gasteiger partial charge in [-0.25, -0.2) is 0 Å². The molecule has 7 atom stereocenters. The molecule has 0 amide bonds. The summed E-state index contributed by atoms with van der Waals surface area (Å²) in [5.74, 6) is 1.13. The van der Waals surface area contributed by atoms with Crippen molar-refractivity contribution in [3.63, 3.8) is 0 Å². The molecule has 0 aromatic heterocycles. The second kappa shape index (κ2) is 11.6. The summed E-state index contributed by atoms with van der Waals surface area (Å²) in [5, 5.41) is 31.2. The molecule has 0 saturated heterocycles. The van der Waals surface area contributed by atoms with Crippen LogP contribution in [0.2, 0.25) is 0 Å². The van der Waals surface area contributed by atoms with Crippen molar-refractivity contribution in [2.75, 3.05) is 6.61 Å². The molecule has 37 heavy (non-hydrogen) atoms. The summed E-state index contributed by atoms with van der Waals surface area (Å²) in [6, 6.07) is 0. The highest BCUT2D eigenvalue weighted by Gasteiger charge is 2.56. The zero-order chi connectivity index (χ0) is 26.8. The van der Waals surface area contributed by atoms with Crippen LogP contribution in [0.1, 0.15) is 91.4 Å². The molecule has 4 saturated carbocycles. The molecule has 4 fully saturated rings. The number of hydrogen-bond donors (Lipinski definition) is 3. The molecule has 0 aliphatic heterocycles. The first-order valence-corrected chi connectivity index (χ1v) is 14.6. The third kappa shape index (κ3) is 5.84. The summed E-state index contributed by atoms with van der Waals surface area (Å²) in [6.45, 7) is 11.3. The van der Waals surface area contributed by atoms with E-state index < -0.39 is 23.7 Å². The van der Waals surface area contributed by atoms with Gasteiger partial charge in [-0.1, -0.05) is 63.6 Å². The molecule has 0 spiro atoms. The maximum absolute atomic E-state index is 12.6. The van der Waals surface area contributed by atoms with Crippen LogP contribution in [0.3, 0.4) is 0 Å². The van der Waals surface area contributed by atoms with E-state index in [1.165, 1.54) is 12.0 Å². The van der Waals surface area contributed by atoms with E-state index in [1.54, 1.807) is 0 Å². The highest BCUT2D eigenvalue weighted by atomic mass is 16.5. The van der Waals surface area contributed by atoms with Gasteiger partial charge in [-0.05, 0) is 92.1 Å². The highest BCUT2D eigenvalue weighted by molar-refractivity contribution is 5.81. The van der Waals surface area contributed by atoms with Crippen molar-refractivity contribution in [1.29, 1.82) is 0 Å². The van der Waals surface area contributed by atoms with Gasteiger partial charge in [0.05, 0.1) is 30.3 Å². The fourth-order valence-electron chi connectivity index (χ4n) is 7.42. The largest absolute Gasteiger partial charge is 0.465 e. The number of esters is 1. The summed E-state index contributed by atoms with van der Waals surface area (Å²) in [6.07, 6.45) is 16.4. The Kier molecular flexibility index (Phi) is 8.87. The number of fused-ring (bicyclic) bond motifs is 1. The van der Waals surface area contributed by atoms with E-state index in [1.807, 2.05) is 6.08 Å². The molecular weight excluding hydrogens is 464 g/mol. The van der Waals surface area contributed by atoms with Gasteiger partial charge in [-0.3, -0.25) is 4.79 Å². The summed E-state index contributed by atoms with van der Waals surface area (Å²) >= 11 is 0. The lowest BCUT2D eigenvalue weighted by Crippen LogP contribution is -2.36. The Morgan fingerprint density at radius 1 is 1.19 bits per heavy atom. The van der Waals surface area contributed by atoms with Crippen molar-refractivity contribution >= 4 is 5.97 Å². The quantitative estimate of drug-likeness (QED) is 0.206. The van der Waals surface area contributed by atoms with Gasteiger partial charge in [0, 0.05) is 6.42 Å². The number of carbonyl (C=O) groups is 1. The number of ether oxygens (including phenoxy) is 1. The van der Waals surface area contributed by atoms with Crippen LogP contribution in [0.4, 0.5) is 0 Å². The van der Waals surface area contributed by atoms with Gasteiger partial charge in [0.15, 0.2) is 0 Å². The summed E-state index contributed by atoms with van der Waals surface area (Å²) in [4.78, 5) is 12.6. The molecule has 0 heterocycles. The van der Waals surface area contributed by atoms with Gasteiger partial charge in [-0.2, -0.15) is 0 Å². The Morgan fingerprint density at radius 2 is 1.95 bits per heavy atom. The molecule has 0 aromatic rings. The summed E-state index contributed by atoms with van der Waals surface area (Å²) in [5.41, 5.74) is 2.66. The van der Waals surface area contributed by atoms with Crippen molar-refractivity contribution in [3.8, 4) is 0 Å². The molecule has 3 N–H and O–H groups in total. The second-order valence-corrected chi connectivity index (χ2v) is 12.5. The van der Waals surface area contributed by atoms with Crippen molar-refractivity contribution in [1.82, 2.24) is 0 Å². The van der Waals surface area contributed by atoms with E-state index >= 15 is 0 Å². The predicted molar refractivity (Wildman–Crippen MR) is 147 cm³/mol. The minimum absolute atomic E-state index is 0.205.